The van der Waals surface area contributed by atoms with Gasteiger partial charge in [-0.15, -0.1) is 0 Å². The highest BCUT2D eigenvalue weighted by Crippen LogP contribution is 2.10. The van der Waals surface area contributed by atoms with Crippen LogP contribution in [-0.4, -0.2) is 26.4 Å². The Hall–Kier alpha value is -1.04. The van der Waals surface area contributed by atoms with Gasteiger partial charge in [0.2, 0.25) is 0 Å². The van der Waals surface area contributed by atoms with Crippen LogP contribution in [0.2, 0.25) is 0 Å². The van der Waals surface area contributed by atoms with Crippen molar-refractivity contribution in [1.82, 2.24) is 0 Å². The first kappa shape index (κ1) is 8.06. The number of hydrogen-bond donors (Lipinski definition) is 1. The minimum absolute atomic E-state index is 0.198. The van der Waals surface area contributed by atoms with Crippen molar-refractivity contribution in [2.75, 3.05) is 5.75 Å². The Morgan fingerprint density at radius 1 is 1.64 bits per heavy atom. The van der Waals surface area contributed by atoms with Gasteiger partial charge in [-0.25, -0.2) is 13.2 Å². The van der Waals surface area contributed by atoms with E-state index in [1.54, 1.807) is 0 Å². The number of ether oxygens (including phenoxy) is 1. The third kappa shape index (κ3) is 2.23. The fraction of sp³-hybridized carbons (Fsp3) is 0.400. The van der Waals surface area contributed by atoms with Gasteiger partial charge in [0, 0.05) is 5.41 Å². The van der Waals surface area contributed by atoms with Gasteiger partial charge >= 0.3 is 6.09 Å². The summed E-state index contributed by atoms with van der Waals surface area (Å²) in [6.07, 6.45) is -0.380. The van der Waals surface area contributed by atoms with Gasteiger partial charge in [-0.3, -0.25) is 0 Å². The predicted octanol–water partition coefficient (Wildman–Crippen LogP) is -0.608. The third-order valence-electron chi connectivity index (χ3n) is 1.16. The lowest BCUT2D eigenvalue weighted by atomic mass is 10.4. The average molecular weight is 177 g/mol. The number of rotatable bonds is 1. The molecule has 0 spiro atoms. The van der Waals surface area contributed by atoms with Crippen LogP contribution in [-0.2, 0) is 14.6 Å². The fourth-order valence-corrected chi connectivity index (χ4v) is 1.93. The van der Waals surface area contributed by atoms with E-state index in [9.17, 15) is 13.2 Å². The van der Waals surface area contributed by atoms with E-state index in [1.807, 2.05) is 0 Å². The van der Waals surface area contributed by atoms with Crippen molar-refractivity contribution in [3.05, 3.63) is 11.5 Å². The van der Waals surface area contributed by atoms with Crippen LogP contribution < -0.4 is 5.73 Å². The normalized spacial score (nSPS) is 26.7. The van der Waals surface area contributed by atoms with Gasteiger partial charge in [0.15, 0.2) is 9.84 Å². The smallest absolute Gasteiger partial charge is 0.405 e. The maximum Gasteiger partial charge on any atom is 0.405 e. The highest BCUT2D eigenvalue weighted by Gasteiger charge is 2.23. The summed E-state index contributed by atoms with van der Waals surface area (Å²) in [6, 6.07) is 0. The number of carbonyl (C=O) groups excluding carboxylic acids is 1. The molecular formula is C5H7NO4S. The van der Waals surface area contributed by atoms with Gasteiger partial charge < -0.3 is 10.5 Å². The molecule has 1 aliphatic heterocycles. The van der Waals surface area contributed by atoms with Crippen molar-refractivity contribution in [3.8, 4) is 0 Å². The van der Waals surface area contributed by atoms with E-state index in [4.69, 9.17) is 0 Å². The van der Waals surface area contributed by atoms with E-state index in [0.29, 0.717) is 0 Å². The van der Waals surface area contributed by atoms with Crippen LogP contribution in [0.3, 0.4) is 0 Å². The lowest BCUT2D eigenvalue weighted by Crippen LogP contribution is -2.23. The molecule has 1 rings (SSSR count). The first-order chi connectivity index (χ1) is 4.99. The van der Waals surface area contributed by atoms with Crippen molar-refractivity contribution in [2.24, 2.45) is 5.73 Å². The molecule has 0 bridgehead atoms. The second-order valence-electron chi connectivity index (χ2n) is 2.13. The molecule has 1 atom stereocenters. The molecule has 11 heavy (non-hydrogen) atoms. The Labute approximate surface area is 63.7 Å². The quantitative estimate of drug-likeness (QED) is 0.579. The van der Waals surface area contributed by atoms with Crippen LogP contribution in [0.25, 0.3) is 0 Å². The first-order valence-electron chi connectivity index (χ1n) is 2.87. The topological polar surface area (TPSA) is 86.5 Å². The first-order valence-corrected chi connectivity index (χ1v) is 4.58. The number of carbonyl (C=O) groups is 1. The SMILES string of the molecule is NC(=O)O[C@H]1C=CS(=O)(=O)C1. The minimum atomic E-state index is -3.15. The van der Waals surface area contributed by atoms with Crippen LogP contribution in [0, 0.1) is 0 Å². The van der Waals surface area contributed by atoms with Crippen molar-refractivity contribution < 1.29 is 17.9 Å². The molecular weight excluding hydrogens is 170 g/mol. The predicted molar refractivity (Wildman–Crippen MR) is 37.4 cm³/mol. The molecule has 5 nitrogen and oxygen atoms in total. The van der Waals surface area contributed by atoms with E-state index >= 15 is 0 Å². The maximum atomic E-state index is 10.7. The van der Waals surface area contributed by atoms with Gasteiger partial charge in [0.25, 0.3) is 0 Å². The largest absolute Gasteiger partial charge is 0.441 e. The Bertz CT molecular complexity index is 292. The molecule has 0 aromatic rings. The standard InChI is InChI=1S/C5H7NO4S/c6-5(7)10-4-1-2-11(8,9)3-4/h1-2,4H,3H2,(H2,6,7)/t4-/m0/s1. The average Bonchev–Trinajstić information content (AvgIpc) is 2.08. The van der Waals surface area contributed by atoms with Crippen LogP contribution in [0.1, 0.15) is 0 Å². The summed E-state index contributed by atoms with van der Waals surface area (Å²) < 4.78 is 25.8. The Balaban J connectivity index is 2.58. The molecule has 2 N–H and O–H groups in total. The van der Waals surface area contributed by atoms with E-state index < -0.39 is 22.0 Å². The summed E-state index contributed by atoms with van der Waals surface area (Å²) in [4.78, 5) is 10.1. The lowest BCUT2D eigenvalue weighted by Gasteiger charge is -2.04. The van der Waals surface area contributed by atoms with Gasteiger partial charge in [-0.05, 0) is 6.08 Å². The number of amides is 1. The van der Waals surface area contributed by atoms with Crippen LogP contribution >= 0.6 is 0 Å². The molecule has 6 heteroatoms. The van der Waals surface area contributed by atoms with Crippen LogP contribution in [0.15, 0.2) is 11.5 Å². The van der Waals surface area contributed by atoms with Crippen molar-refractivity contribution in [2.45, 2.75) is 6.10 Å². The zero-order valence-electron chi connectivity index (χ0n) is 5.56. The van der Waals surface area contributed by atoms with Crippen LogP contribution in [0.5, 0.6) is 0 Å². The molecule has 1 aliphatic rings. The second-order valence-corrected chi connectivity index (χ2v) is 4.06. The number of sulfone groups is 1. The summed E-state index contributed by atoms with van der Waals surface area (Å²) in [5, 5.41) is 1.01. The molecule has 0 fully saturated rings. The Morgan fingerprint density at radius 2 is 2.27 bits per heavy atom. The summed E-state index contributed by atoms with van der Waals surface area (Å²) in [5.74, 6) is -0.198. The molecule has 0 aromatic carbocycles. The lowest BCUT2D eigenvalue weighted by molar-refractivity contribution is 0.139. The molecule has 1 amide bonds. The summed E-state index contributed by atoms with van der Waals surface area (Å²) >= 11 is 0. The van der Waals surface area contributed by atoms with Crippen molar-refractivity contribution in [1.29, 1.82) is 0 Å². The number of nitrogens with two attached hydrogens (primary N) is 1. The van der Waals surface area contributed by atoms with Crippen LogP contribution in [0.4, 0.5) is 4.79 Å². The number of primary amides is 1. The Morgan fingerprint density at radius 3 is 2.64 bits per heavy atom. The highest BCUT2D eigenvalue weighted by atomic mass is 32.2. The zero-order chi connectivity index (χ0) is 8.48. The molecule has 0 aromatic heterocycles. The van der Waals surface area contributed by atoms with Crippen molar-refractivity contribution >= 4 is 15.9 Å². The molecule has 62 valence electrons. The third-order valence-corrected chi connectivity index (χ3v) is 2.53. The van der Waals surface area contributed by atoms with Gasteiger partial charge in [-0.1, -0.05) is 0 Å². The van der Waals surface area contributed by atoms with Gasteiger partial charge in [-0.2, -0.15) is 0 Å². The highest BCUT2D eigenvalue weighted by molar-refractivity contribution is 7.94. The summed E-state index contributed by atoms with van der Waals surface area (Å²) in [6.45, 7) is 0. The van der Waals surface area contributed by atoms with E-state index in [-0.39, 0.29) is 5.75 Å². The molecule has 1 heterocycles. The van der Waals surface area contributed by atoms with Crippen molar-refractivity contribution in [3.63, 3.8) is 0 Å². The monoisotopic (exact) mass is 177 g/mol. The maximum absolute atomic E-state index is 10.7. The van der Waals surface area contributed by atoms with E-state index in [2.05, 4.69) is 10.5 Å². The molecule has 0 unspecified atom stereocenters. The molecule has 0 radical (unpaired) electrons. The number of hydrogen-bond acceptors (Lipinski definition) is 4. The zero-order valence-corrected chi connectivity index (χ0v) is 6.37. The second kappa shape index (κ2) is 2.54. The Kier molecular flexibility index (Phi) is 1.86. The minimum Gasteiger partial charge on any atom is -0.441 e. The molecule has 0 saturated heterocycles. The van der Waals surface area contributed by atoms with E-state index in [0.717, 1.165) is 5.41 Å². The van der Waals surface area contributed by atoms with Gasteiger partial charge in [0.1, 0.15) is 6.10 Å². The summed E-state index contributed by atoms with van der Waals surface area (Å²) in [5.41, 5.74) is 4.67. The van der Waals surface area contributed by atoms with E-state index in [1.165, 1.54) is 6.08 Å². The molecule has 0 saturated carbocycles. The molecule has 0 aliphatic carbocycles. The fourth-order valence-electron chi connectivity index (χ4n) is 0.770. The summed E-state index contributed by atoms with van der Waals surface area (Å²) in [7, 11) is -3.15. The van der Waals surface area contributed by atoms with Gasteiger partial charge in [0.05, 0.1) is 5.75 Å².